The van der Waals surface area contributed by atoms with Gasteiger partial charge in [0.2, 0.25) is 6.79 Å². The third kappa shape index (κ3) is 3.59. The van der Waals surface area contributed by atoms with Gasteiger partial charge in [0, 0.05) is 21.3 Å². The highest BCUT2D eigenvalue weighted by Gasteiger charge is 2.16. The molecular formula is C19H15BrN2O3S. The van der Waals surface area contributed by atoms with Crippen LogP contribution in [0.25, 0.3) is 0 Å². The third-order valence-electron chi connectivity index (χ3n) is 4.02. The summed E-state index contributed by atoms with van der Waals surface area (Å²) in [6, 6.07) is 13.2. The topological polar surface area (TPSA) is 60.5 Å². The van der Waals surface area contributed by atoms with Gasteiger partial charge in [-0.3, -0.25) is 10.1 Å². The second-order valence-corrected chi connectivity index (χ2v) is 7.85. The van der Waals surface area contributed by atoms with E-state index in [0.29, 0.717) is 10.7 Å². The molecule has 132 valence electrons. The maximum Gasteiger partial charge on any atom is 0.257 e. The first-order valence-electron chi connectivity index (χ1n) is 8.00. The molecule has 1 aliphatic heterocycles. The molecule has 0 bridgehead atoms. The van der Waals surface area contributed by atoms with E-state index >= 15 is 0 Å². The van der Waals surface area contributed by atoms with Gasteiger partial charge in [0.25, 0.3) is 5.91 Å². The summed E-state index contributed by atoms with van der Waals surface area (Å²) in [6.07, 6.45) is 0.730. The Balaban J connectivity index is 1.48. The van der Waals surface area contributed by atoms with Crippen LogP contribution in [0.1, 0.15) is 26.5 Å². The predicted octanol–water partition coefficient (Wildman–Crippen LogP) is 4.79. The lowest BCUT2D eigenvalue weighted by Gasteiger charge is -2.02. The van der Waals surface area contributed by atoms with Crippen LogP contribution in [0.2, 0.25) is 0 Å². The first-order chi connectivity index (χ1) is 12.6. The van der Waals surface area contributed by atoms with E-state index in [-0.39, 0.29) is 12.7 Å². The SMILES string of the molecule is Cc1nc(NC(=O)c2ccc(Br)cc2)sc1Cc1ccc2c(c1)OCO2. The Morgan fingerprint density at radius 1 is 1.19 bits per heavy atom. The Morgan fingerprint density at radius 2 is 1.96 bits per heavy atom. The minimum atomic E-state index is -0.166. The number of nitrogens with one attached hydrogen (secondary N) is 1. The Bertz CT molecular complexity index is 969. The number of carbonyl (C=O) groups excluding carboxylic acids is 1. The number of fused-ring (bicyclic) bond motifs is 1. The number of carbonyl (C=O) groups is 1. The molecule has 26 heavy (non-hydrogen) atoms. The monoisotopic (exact) mass is 430 g/mol. The average molecular weight is 431 g/mol. The van der Waals surface area contributed by atoms with Crippen molar-refractivity contribution in [2.45, 2.75) is 13.3 Å². The molecule has 2 heterocycles. The number of amides is 1. The van der Waals surface area contributed by atoms with E-state index in [0.717, 1.165) is 38.5 Å². The molecular weight excluding hydrogens is 416 g/mol. The molecule has 0 radical (unpaired) electrons. The highest BCUT2D eigenvalue weighted by Crippen LogP contribution is 2.34. The Morgan fingerprint density at radius 3 is 2.77 bits per heavy atom. The first kappa shape index (κ1) is 17.1. The quantitative estimate of drug-likeness (QED) is 0.646. The van der Waals surface area contributed by atoms with Gasteiger partial charge in [-0.05, 0) is 48.9 Å². The van der Waals surface area contributed by atoms with Crippen molar-refractivity contribution in [1.82, 2.24) is 4.98 Å². The number of halogens is 1. The molecule has 5 nitrogen and oxygen atoms in total. The van der Waals surface area contributed by atoms with Crippen LogP contribution in [0.3, 0.4) is 0 Å². The van der Waals surface area contributed by atoms with Crippen LogP contribution in [0.4, 0.5) is 5.13 Å². The Kier molecular flexibility index (Phi) is 4.65. The summed E-state index contributed by atoms with van der Waals surface area (Å²) in [5.41, 5.74) is 2.63. The molecule has 7 heteroatoms. The number of benzene rings is 2. The van der Waals surface area contributed by atoms with Gasteiger partial charge in [-0.2, -0.15) is 0 Å². The Labute approximate surface area is 163 Å². The molecule has 1 aromatic heterocycles. The van der Waals surface area contributed by atoms with E-state index < -0.39 is 0 Å². The zero-order valence-electron chi connectivity index (χ0n) is 13.9. The molecule has 2 aromatic carbocycles. The van der Waals surface area contributed by atoms with Crippen molar-refractivity contribution in [3.05, 3.63) is 68.6 Å². The fourth-order valence-electron chi connectivity index (χ4n) is 2.65. The minimum absolute atomic E-state index is 0.166. The average Bonchev–Trinajstić information content (AvgIpc) is 3.22. The van der Waals surface area contributed by atoms with Crippen molar-refractivity contribution in [2.75, 3.05) is 12.1 Å². The standard InChI is InChI=1S/C19H15BrN2O3S/c1-11-17(9-12-2-7-15-16(8-12)25-10-24-15)26-19(21-11)22-18(23)13-3-5-14(20)6-4-13/h2-8H,9-10H2,1H3,(H,21,22,23). The lowest BCUT2D eigenvalue weighted by Crippen LogP contribution is -2.11. The van der Waals surface area contributed by atoms with Gasteiger partial charge in [-0.15, -0.1) is 11.3 Å². The number of nitrogens with zero attached hydrogens (tertiary/aromatic N) is 1. The van der Waals surface area contributed by atoms with Crippen molar-refractivity contribution in [3.8, 4) is 11.5 Å². The summed E-state index contributed by atoms with van der Waals surface area (Å²) in [7, 11) is 0. The summed E-state index contributed by atoms with van der Waals surface area (Å²) in [5, 5.41) is 3.48. The maximum absolute atomic E-state index is 12.3. The van der Waals surface area contributed by atoms with Gasteiger partial charge in [0.05, 0.1) is 5.69 Å². The van der Waals surface area contributed by atoms with Crippen LogP contribution in [0.15, 0.2) is 46.9 Å². The number of hydrogen-bond acceptors (Lipinski definition) is 5. The number of aromatic nitrogens is 1. The van der Waals surface area contributed by atoms with E-state index in [1.165, 1.54) is 11.3 Å². The zero-order valence-corrected chi connectivity index (χ0v) is 16.3. The number of aryl methyl sites for hydroxylation is 1. The van der Waals surface area contributed by atoms with E-state index in [9.17, 15) is 4.79 Å². The van der Waals surface area contributed by atoms with Crippen LogP contribution >= 0.6 is 27.3 Å². The van der Waals surface area contributed by atoms with Crippen molar-refractivity contribution in [2.24, 2.45) is 0 Å². The molecule has 0 saturated heterocycles. The van der Waals surface area contributed by atoms with Gasteiger partial charge < -0.3 is 9.47 Å². The minimum Gasteiger partial charge on any atom is -0.454 e. The maximum atomic E-state index is 12.3. The number of ether oxygens (including phenoxy) is 2. The molecule has 0 unspecified atom stereocenters. The molecule has 1 amide bonds. The molecule has 0 atom stereocenters. The number of anilines is 1. The zero-order chi connectivity index (χ0) is 18.1. The molecule has 0 aliphatic carbocycles. The fraction of sp³-hybridized carbons (Fsp3) is 0.158. The Hall–Kier alpha value is -2.38. The van der Waals surface area contributed by atoms with Gasteiger partial charge >= 0.3 is 0 Å². The summed E-state index contributed by atoms with van der Waals surface area (Å²) in [6.45, 7) is 2.22. The van der Waals surface area contributed by atoms with Crippen LogP contribution < -0.4 is 14.8 Å². The molecule has 0 fully saturated rings. The van der Waals surface area contributed by atoms with Crippen LogP contribution in [0.5, 0.6) is 11.5 Å². The van der Waals surface area contributed by atoms with Crippen LogP contribution in [-0.2, 0) is 6.42 Å². The number of hydrogen-bond donors (Lipinski definition) is 1. The first-order valence-corrected chi connectivity index (χ1v) is 9.61. The van der Waals surface area contributed by atoms with Crippen LogP contribution in [-0.4, -0.2) is 17.7 Å². The van der Waals surface area contributed by atoms with Gasteiger partial charge in [-0.1, -0.05) is 22.0 Å². The molecule has 4 rings (SSSR count). The molecule has 0 spiro atoms. The van der Waals surface area contributed by atoms with E-state index in [1.807, 2.05) is 37.3 Å². The predicted molar refractivity (Wildman–Crippen MR) is 104 cm³/mol. The summed E-state index contributed by atoms with van der Waals surface area (Å²) in [5.74, 6) is 1.38. The summed E-state index contributed by atoms with van der Waals surface area (Å²) < 4.78 is 11.7. The smallest absolute Gasteiger partial charge is 0.257 e. The molecule has 1 aliphatic rings. The molecule has 3 aromatic rings. The molecule has 0 saturated carbocycles. The highest BCUT2D eigenvalue weighted by atomic mass is 79.9. The summed E-state index contributed by atoms with van der Waals surface area (Å²) in [4.78, 5) is 17.9. The number of rotatable bonds is 4. The van der Waals surface area contributed by atoms with E-state index in [4.69, 9.17) is 9.47 Å². The lowest BCUT2D eigenvalue weighted by molar-refractivity contribution is 0.102. The van der Waals surface area contributed by atoms with Crippen molar-refractivity contribution in [3.63, 3.8) is 0 Å². The summed E-state index contributed by atoms with van der Waals surface area (Å²) >= 11 is 4.85. The normalized spacial score (nSPS) is 12.2. The van der Waals surface area contributed by atoms with Crippen molar-refractivity contribution >= 4 is 38.3 Å². The second kappa shape index (κ2) is 7.09. The number of thiazole rings is 1. The molecule has 1 N–H and O–H groups in total. The van der Waals surface area contributed by atoms with Crippen molar-refractivity contribution in [1.29, 1.82) is 0 Å². The van der Waals surface area contributed by atoms with Gasteiger partial charge in [0.15, 0.2) is 16.6 Å². The largest absolute Gasteiger partial charge is 0.454 e. The van der Waals surface area contributed by atoms with E-state index in [1.54, 1.807) is 12.1 Å². The fourth-order valence-corrected chi connectivity index (χ4v) is 3.91. The van der Waals surface area contributed by atoms with Gasteiger partial charge in [-0.25, -0.2) is 4.98 Å². The van der Waals surface area contributed by atoms with E-state index in [2.05, 4.69) is 26.2 Å². The van der Waals surface area contributed by atoms with Gasteiger partial charge in [0.1, 0.15) is 0 Å². The second-order valence-electron chi connectivity index (χ2n) is 5.85. The lowest BCUT2D eigenvalue weighted by atomic mass is 10.1. The highest BCUT2D eigenvalue weighted by molar-refractivity contribution is 9.10. The van der Waals surface area contributed by atoms with Crippen LogP contribution in [0, 0.1) is 6.92 Å². The third-order valence-corrected chi connectivity index (χ3v) is 5.62. The van der Waals surface area contributed by atoms with Crippen molar-refractivity contribution < 1.29 is 14.3 Å².